The van der Waals surface area contributed by atoms with Crippen molar-refractivity contribution >= 4 is 11.8 Å². The second-order valence-electron chi connectivity index (χ2n) is 12.3. The van der Waals surface area contributed by atoms with Gasteiger partial charge in [0.1, 0.15) is 11.9 Å². The van der Waals surface area contributed by atoms with Gasteiger partial charge < -0.3 is 16.0 Å². The summed E-state index contributed by atoms with van der Waals surface area (Å²) in [5, 5.41) is 3.22. The molecule has 3 N–H and O–H groups in total. The standard InChI is InChI=1S/C33H47FN4O2/c1-23(2)21-37(22-28-10-5-4-7-24(28)3)30-15-16-38(33(40)27-11-13-29(34)14-12-27)31(18-30)32(39)36-20-26-9-6-8-25(17-26)19-35/h4-5,7,10-14,23,25-26,30-31H,6,8-9,15-22,35H2,1-3H3,(H,36,39)/t25?,26?,30?,31-/m1/s1. The molecule has 1 heterocycles. The Kier molecular flexibility index (Phi) is 10.7. The van der Waals surface area contributed by atoms with Crippen LogP contribution in [0.15, 0.2) is 48.5 Å². The third-order valence-electron chi connectivity index (χ3n) is 8.77. The summed E-state index contributed by atoms with van der Waals surface area (Å²) in [6.45, 7) is 10.1. The van der Waals surface area contributed by atoms with Crippen molar-refractivity contribution in [2.75, 3.05) is 26.2 Å². The molecule has 1 aliphatic carbocycles. The molecule has 3 unspecified atom stereocenters. The monoisotopic (exact) mass is 550 g/mol. The third kappa shape index (κ3) is 7.91. The quantitative estimate of drug-likeness (QED) is 0.429. The fourth-order valence-corrected chi connectivity index (χ4v) is 6.51. The molecule has 2 amide bonds. The lowest BCUT2D eigenvalue weighted by molar-refractivity contribution is -0.128. The van der Waals surface area contributed by atoms with Gasteiger partial charge in [-0.2, -0.15) is 0 Å². The highest BCUT2D eigenvalue weighted by Gasteiger charge is 2.39. The first-order valence-electron chi connectivity index (χ1n) is 15.1. The molecule has 0 radical (unpaired) electrons. The number of nitrogens with two attached hydrogens (primary N) is 1. The minimum Gasteiger partial charge on any atom is -0.354 e. The molecule has 0 aromatic heterocycles. The number of hydrogen-bond donors (Lipinski definition) is 2. The molecule has 0 spiro atoms. The summed E-state index contributed by atoms with van der Waals surface area (Å²) in [5.41, 5.74) is 8.90. The summed E-state index contributed by atoms with van der Waals surface area (Å²) in [5.74, 6) is 0.734. The number of likely N-dealkylation sites (tertiary alicyclic amines) is 1. The van der Waals surface area contributed by atoms with Crippen molar-refractivity contribution in [3.05, 3.63) is 71.0 Å². The number of amides is 2. The Morgan fingerprint density at radius 1 is 1.05 bits per heavy atom. The maximum absolute atomic E-state index is 13.8. The average Bonchev–Trinajstić information content (AvgIpc) is 2.96. The molecule has 2 aromatic rings. The van der Waals surface area contributed by atoms with Crippen LogP contribution in [-0.2, 0) is 11.3 Å². The normalized spacial score (nSPS) is 23.4. The predicted octanol–water partition coefficient (Wildman–Crippen LogP) is 5.15. The molecule has 0 bridgehead atoms. The van der Waals surface area contributed by atoms with Gasteiger partial charge in [0.15, 0.2) is 0 Å². The van der Waals surface area contributed by atoms with Crippen LogP contribution in [0, 0.1) is 30.5 Å². The van der Waals surface area contributed by atoms with Crippen LogP contribution in [0.25, 0.3) is 0 Å². The Labute approximate surface area is 239 Å². The highest BCUT2D eigenvalue weighted by Crippen LogP contribution is 2.29. The van der Waals surface area contributed by atoms with E-state index in [1.54, 1.807) is 4.90 Å². The van der Waals surface area contributed by atoms with Crippen LogP contribution in [0.2, 0.25) is 0 Å². The number of rotatable bonds is 10. The molecule has 7 heteroatoms. The number of nitrogens with zero attached hydrogens (tertiary/aromatic N) is 2. The SMILES string of the molecule is Cc1ccccc1CN(CC(C)C)C1CCN(C(=O)c2ccc(F)cc2)[C@@H](C(=O)NCC2CCCC(CN)C2)C1. The van der Waals surface area contributed by atoms with Crippen LogP contribution in [0.1, 0.15) is 73.9 Å². The Bertz CT molecular complexity index is 1120. The molecular formula is C33H47FN4O2. The van der Waals surface area contributed by atoms with Gasteiger partial charge in [0, 0.05) is 37.8 Å². The number of benzene rings is 2. The van der Waals surface area contributed by atoms with Gasteiger partial charge in [0.05, 0.1) is 0 Å². The van der Waals surface area contributed by atoms with E-state index >= 15 is 0 Å². The largest absolute Gasteiger partial charge is 0.354 e. The maximum atomic E-state index is 13.8. The Balaban J connectivity index is 1.53. The summed E-state index contributed by atoms with van der Waals surface area (Å²) in [4.78, 5) is 31.6. The summed E-state index contributed by atoms with van der Waals surface area (Å²) in [7, 11) is 0. The Hall–Kier alpha value is -2.77. The molecule has 4 atom stereocenters. The highest BCUT2D eigenvalue weighted by atomic mass is 19.1. The van der Waals surface area contributed by atoms with Crippen LogP contribution in [0.5, 0.6) is 0 Å². The first-order valence-corrected chi connectivity index (χ1v) is 15.1. The van der Waals surface area contributed by atoms with Crippen molar-refractivity contribution in [2.45, 2.75) is 77.9 Å². The van der Waals surface area contributed by atoms with Crippen LogP contribution in [0.3, 0.4) is 0 Å². The van der Waals surface area contributed by atoms with Crippen molar-refractivity contribution in [3.63, 3.8) is 0 Å². The fourth-order valence-electron chi connectivity index (χ4n) is 6.51. The topological polar surface area (TPSA) is 78.7 Å². The zero-order chi connectivity index (χ0) is 28.6. The molecule has 40 heavy (non-hydrogen) atoms. The number of piperidine rings is 1. The molecule has 1 saturated carbocycles. The number of aryl methyl sites for hydroxylation is 1. The Morgan fingerprint density at radius 2 is 1.77 bits per heavy atom. The predicted molar refractivity (Wildman–Crippen MR) is 158 cm³/mol. The smallest absolute Gasteiger partial charge is 0.254 e. The second-order valence-corrected chi connectivity index (χ2v) is 12.3. The maximum Gasteiger partial charge on any atom is 0.254 e. The molecule has 1 saturated heterocycles. The molecule has 2 fully saturated rings. The average molecular weight is 551 g/mol. The lowest BCUT2D eigenvalue weighted by Gasteiger charge is -2.43. The zero-order valence-corrected chi connectivity index (χ0v) is 24.4. The number of halogens is 1. The lowest BCUT2D eigenvalue weighted by Crippen LogP contribution is -2.58. The van der Waals surface area contributed by atoms with E-state index in [1.807, 2.05) is 0 Å². The van der Waals surface area contributed by atoms with E-state index in [-0.39, 0.29) is 23.7 Å². The summed E-state index contributed by atoms with van der Waals surface area (Å²) in [6.07, 6.45) is 5.81. The first kappa shape index (κ1) is 30.2. The van der Waals surface area contributed by atoms with E-state index in [1.165, 1.54) is 35.4 Å². The number of nitrogens with one attached hydrogen (secondary N) is 1. The molecule has 4 rings (SSSR count). The molecule has 1 aliphatic heterocycles. The number of carbonyl (C=O) groups excluding carboxylic acids is 2. The van der Waals surface area contributed by atoms with E-state index in [0.717, 1.165) is 45.2 Å². The van der Waals surface area contributed by atoms with E-state index < -0.39 is 6.04 Å². The molecule has 218 valence electrons. The van der Waals surface area contributed by atoms with E-state index in [4.69, 9.17) is 5.73 Å². The number of carbonyl (C=O) groups is 2. The Morgan fingerprint density at radius 3 is 2.48 bits per heavy atom. The number of hydrogen-bond acceptors (Lipinski definition) is 4. The van der Waals surface area contributed by atoms with Gasteiger partial charge in [0.25, 0.3) is 5.91 Å². The van der Waals surface area contributed by atoms with Crippen molar-refractivity contribution in [1.82, 2.24) is 15.1 Å². The van der Waals surface area contributed by atoms with Crippen molar-refractivity contribution in [1.29, 1.82) is 0 Å². The fraction of sp³-hybridized carbons (Fsp3) is 0.576. The van der Waals surface area contributed by atoms with Crippen molar-refractivity contribution in [3.8, 4) is 0 Å². The first-order chi connectivity index (χ1) is 19.2. The molecule has 2 aliphatic rings. The van der Waals surface area contributed by atoms with Crippen molar-refractivity contribution < 1.29 is 14.0 Å². The van der Waals surface area contributed by atoms with E-state index in [9.17, 15) is 14.0 Å². The summed E-state index contributed by atoms with van der Waals surface area (Å²) in [6, 6.07) is 13.7. The zero-order valence-electron chi connectivity index (χ0n) is 24.4. The van der Waals surface area contributed by atoms with Gasteiger partial charge in [-0.1, -0.05) is 44.5 Å². The van der Waals surface area contributed by atoms with E-state index in [0.29, 0.717) is 49.4 Å². The van der Waals surface area contributed by atoms with Gasteiger partial charge in [0.2, 0.25) is 5.91 Å². The van der Waals surface area contributed by atoms with Crippen LogP contribution in [-0.4, -0.2) is 59.9 Å². The molecule has 2 aromatic carbocycles. The van der Waals surface area contributed by atoms with Crippen LogP contribution in [0.4, 0.5) is 4.39 Å². The lowest BCUT2D eigenvalue weighted by atomic mass is 9.81. The van der Waals surface area contributed by atoms with Crippen LogP contribution >= 0.6 is 0 Å². The molecular weight excluding hydrogens is 503 g/mol. The highest BCUT2D eigenvalue weighted by molar-refractivity contribution is 5.97. The summed E-state index contributed by atoms with van der Waals surface area (Å²) >= 11 is 0. The molecule has 6 nitrogen and oxygen atoms in total. The van der Waals surface area contributed by atoms with Gasteiger partial charge in [-0.3, -0.25) is 14.5 Å². The minimum atomic E-state index is -0.572. The second kappa shape index (κ2) is 14.2. The van der Waals surface area contributed by atoms with Gasteiger partial charge in [-0.05, 0) is 98.7 Å². The van der Waals surface area contributed by atoms with Gasteiger partial charge >= 0.3 is 0 Å². The van der Waals surface area contributed by atoms with Crippen molar-refractivity contribution in [2.24, 2.45) is 23.5 Å². The van der Waals surface area contributed by atoms with Gasteiger partial charge in [-0.15, -0.1) is 0 Å². The minimum absolute atomic E-state index is 0.0876. The third-order valence-corrected chi connectivity index (χ3v) is 8.77. The summed E-state index contributed by atoms with van der Waals surface area (Å²) < 4.78 is 13.6. The van der Waals surface area contributed by atoms with Gasteiger partial charge in [-0.25, -0.2) is 4.39 Å². The van der Waals surface area contributed by atoms with Crippen LogP contribution < -0.4 is 11.1 Å². The van der Waals surface area contributed by atoms with E-state index in [2.05, 4.69) is 55.3 Å².